The minimum Gasteiger partial charge on any atom is -0.429 e. The molecule has 0 radical (unpaired) electrons. The van der Waals surface area contributed by atoms with Crippen LogP contribution in [-0.2, 0) is 6.42 Å². The number of hydrogen-bond donors (Lipinski definition) is 1. The molecule has 1 heterocycles. The van der Waals surface area contributed by atoms with E-state index >= 15 is 0 Å². The van der Waals surface area contributed by atoms with E-state index in [0.717, 1.165) is 22.0 Å². The van der Waals surface area contributed by atoms with Crippen LogP contribution in [0.25, 0.3) is 0 Å². The summed E-state index contributed by atoms with van der Waals surface area (Å²) < 4.78 is 5.15. The molecule has 0 fully saturated rings. The number of aromatic nitrogens is 1. The predicted octanol–water partition coefficient (Wildman–Crippen LogP) is 2.81. The highest BCUT2D eigenvalue weighted by Gasteiger charge is 2.09. The van der Waals surface area contributed by atoms with Crippen molar-refractivity contribution < 1.29 is 4.42 Å². The zero-order valence-corrected chi connectivity index (χ0v) is 9.08. The van der Waals surface area contributed by atoms with Gasteiger partial charge in [0.2, 0.25) is 0 Å². The lowest BCUT2D eigenvalue weighted by Crippen LogP contribution is -1.92. The first-order valence-electron chi connectivity index (χ1n) is 4.62. The third-order valence-corrected chi connectivity index (χ3v) is 2.59. The van der Waals surface area contributed by atoms with Crippen molar-refractivity contribution in [2.24, 2.45) is 0 Å². The lowest BCUT2D eigenvalue weighted by Gasteiger charge is -2.00. The number of nitrogens with two attached hydrogens (primary N) is 1. The second kappa shape index (κ2) is 3.95. The molecule has 0 bridgehead atoms. The van der Waals surface area contributed by atoms with Crippen LogP contribution in [0.4, 0.5) is 6.01 Å². The molecule has 2 N–H and O–H groups in total. The van der Waals surface area contributed by atoms with Crippen molar-refractivity contribution in [3.8, 4) is 0 Å². The molecular weight excluding hydrogens is 212 g/mol. The standard InChI is InChI=1S/C11H11ClN2O/c1-7-10(14-11(13)15-7)6-8-4-2-3-5-9(8)12/h2-5H,6H2,1H3,(H2,13,14). The number of aryl methyl sites for hydroxylation is 1. The molecule has 2 aromatic rings. The molecule has 0 saturated heterocycles. The van der Waals surface area contributed by atoms with Crippen molar-refractivity contribution in [2.45, 2.75) is 13.3 Å². The van der Waals surface area contributed by atoms with Gasteiger partial charge in [0.15, 0.2) is 0 Å². The number of benzene rings is 1. The molecule has 1 aromatic carbocycles. The molecule has 0 spiro atoms. The summed E-state index contributed by atoms with van der Waals surface area (Å²) in [5.41, 5.74) is 7.32. The fourth-order valence-corrected chi connectivity index (χ4v) is 1.64. The number of anilines is 1. The van der Waals surface area contributed by atoms with Crippen LogP contribution < -0.4 is 5.73 Å². The van der Waals surface area contributed by atoms with E-state index in [0.29, 0.717) is 6.42 Å². The molecule has 0 aliphatic carbocycles. The van der Waals surface area contributed by atoms with E-state index in [1.54, 1.807) is 0 Å². The summed E-state index contributed by atoms with van der Waals surface area (Å²) in [4.78, 5) is 4.10. The lowest BCUT2D eigenvalue weighted by molar-refractivity contribution is 0.545. The Morgan fingerprint density at radius 3 is 2.73 bits per heavy atom. The van der Waals surface area contributed by atoms with Gasteiger partial charge < -0.3 is 10.2 Å². The summed E-state index contributed by atoms with van der Waals surface area (Å²) in [5, 5.41) is 0.735. The van der Waals surface area contributed by atoms with Crippen molar-refractivity contribution in [1.29, 1.82) is 0 Å². The maximum absolute atomic E-state index is 6.04. The van der Waals surface area contributed by atoms with Gasteiger partial charge in [-0.05, 0) is 18.6 Å². The second-order valence-electron chi connectivity index (χ2n) is 3.32. The average Bonchev–Trinajstić information content (AvgIpc) is 2.49. The summed E-state index contributed by atoms with van der Waals surface area (Å²) in [6.45, 7) is 1.84. The number of oxazole rings is 1. The Morgan fingerprint density at radius 2 is 2.13 bits per heavy atom. The molecular formula is C11H11ClN2O. The van der Waals surface area contributed by atoms with Crippen molar-refractivity contribution >= 4 is 17.6 Å². The Hall–Kier alpha value is -1.48. The van der Waals surface area contributed by atoms with E-state index in [4.69, 9.17) is 21.8 Å². The molecule has 0 saturated carbocycles. The largest absolute Gasteiger partial charge is 0.429 e. The van der Waals surface area contributed by atoms with E-state index in [9.17, 15) is 0 Å². The van der Waals surface area contributed by atoms with E-state index in [2.05, 4.69) is 4.98 Å². The Labute approximate surface area is 92.9 Å². The summed E-state index contributed by atoms with van der Waals surface area (Å²) in [7, 11) is 0. The number of rotatable bonds is 2. The highest BCUT2D eigenvalue weighted by molar-refractivity contribution is 6.31. The third kappa shape index (κ3) is 2.13. The van der Waals surface area contributed by atoms with Crippen LogP contribution in [0.5, 0.6) is 0 Å². The van der Waals surface area contributed by atoms with Crippen molar-refractivity contribution in [2.75, 3.05) is 5.73 Å². The first-order valence-corrected chi connectivity index (χ1v) is 5.00. The molecule has 0 aliphatic heterocycles. The first-order chi connectivity index (χ1) is 7.16. The maximum Gasteiger partial charge on any atom is 0.292 e. The summed E-state index contributed by atoms with van der Waals surface area (Å²) in [6, 6.07) is 7.87. The van der Waals surface area contributed by atoms with Crippen LogP contribution in [0, 0.1) is 6.92 Å². The van der Waals surface area contributed by atoms with Gasteiger partial charge in [-0.15, -0.1) is 0 Å². The molecule has 0 atom stereocenters. The van der Waals surface area contributed by atoms with Crippen LogP contribution >= 0.6 is 11.6 Å². The molecule has 3 nitrogen and oxygen atoms in total. The van der Waals surface area contributed by atoms with Gasteiger partial charge in [0, 0.05) is 11.4 Å². The second-order valence-corrected chi connectivity index (χ2v) is 3.73. The number of nitrogen functional groups attached to an aromatic ring is 1. The van der Waals surface area contributed by atoms with Crippen LogP contribution in [0.3, 0.4) is 0 Å². The van der Waals surface area contributed by atoms with Gasteiger partial charge in [-0.3, -0.25) is 0 Å². The van der Waals surface area contributed by atoms with Gasteiger partial charge in [0.1, 0.15) is 5.76 Å². The Morgan fingerprint density at radius 1 is 1.40 bits per heavy atom. The van der Waals surface area contributed by atoms with Crippen molar-refractivity contribution in [3.63, 3.8) is 0 Å². The molecule has 1 aromatic heterocycles. The average molecular weight is 223 g/mol. The van der Waals surface area contributed by atoms with Gasteiger partial charge in [-0.25, -0.2) is 0 Å². The third-order valence-electron chi connectivity index (χ3n) is 2.22. The summed E-state index contributed by atoms with van der Waals surface area (Å²) in [5.74, 6) is 0.743. The molecule has 2 rings (SSSR count). The maximum atomic E-state index is 6.04. The molecule has 78 valence electrons. The van der Waals surface area contributed by atoms with E-state index in [-0.39, 0.29) is 6.01 Å². The normalized spacial score (nSPS) is 10.5. The lowest BCUT2D eigenvalue weighted by atomic mass is 10.1. The highest BCUT2D eigenvalue weighted by Crippen LogP contribution is 2.21. The molecule has 0 amide bonds. The van der Waals surface area contributed by atoms with Gasteiger partial charge >= 0.3 is 0 Å². The molecule has 4 heteroatoms. The fourth-order valence-electron chi connectivity index (χ4n) is 1.44. The number of hydrogen-bond acceptors (Lipinski definition) is 3. The van der Waals surface area contributed by atoms with Gasteiger partial charge in [0.05, 0.1) is 5.69 Å². The predicted molar refractivity (Wildman–Crippen MR) is 59.9 cm³/mol. The Kier molecular flexibility index (Phi) is 2.64. The number of halogens is 1. The first kappa shape index (κ1) is 10.1. The SMILES string of the molecule is Cc1oc(N)nc1Cc1ccccc1Cl. The summed E-state index contributed by atoms with van der Waals surface area (Å²) >= 11 is 6.04. The highest BCUT2D eigenvalue weighted by atomic mass is 35.5. The monoisotopic (exact) mass is 222 g/mol. The molecule has 15 heavy (non-hydrogen) atoms. The minimum absolute atomic E-state index is 0.203. The van der Waals surface area contributed by atoms with Crippen molar-refractivity contribution in [3.05, 3.63) is 46.3 Å². The molecule has 0 aliphatic rings. The van der Waals surface area contributed by atoms with Crippen LogP contribution in [0.15, 0.2) is 28.7 Å². The van der Waals surface area contributed by atoms with Gasteiger partial charge in [0.25, 0.3) is 6.01 Å². The van der Waals surface area contributed by atoms with E-state index in [1.165, 1.54) is 0 Å². The minimum atomic E-state index is 0.203. The van der Waals surface area contributed by atoms with Gasteiger partial charge in [-0.2, -0.15) is 4.98 Å². The van der Waals surface area contributed by atoms with E-state index in [1.807, 2.05) is 31.2 Å². The topological polar surface area (TPSA) is 52.0 Å². The van der Waals surface area contributed by atoms with Crippen LogP contribution in [-0.4, -0.2) is 4.98 Å². The zero-order chi connectivity index (χ0) is 10.8. The van der Waals surface area contributed by atoms with Gasteiger partial charge in [-0.1, -0.05) is 29.8 Å². The van der Waals surface area contributed by atoms with E-state index < -0.39 is 0 Å². The quantitative estimate of drug-likeness (QED) is 0.850. The fraction of sp³-hybridized carbons (Fsp3) is 0.182. The van der Waals surface area contributed by atoms with Crippen LogP contribution in [0.1, 0.15) is 17.0 Å². The van der Waals surface area contributed by atoms with Crippen molar-refractivity contribution in [1.82, 2.24) is 4.98 Å². The summed E-state index contributed by atoms with van der Waals surface area (Å²) in [6.07, 6.45) is 0.645. The van der Waals surface area contributed by atoms with Crippen LogP contribution in [0.2, 0.25) is 5.02 Å². The smallest absolute Gasteiger partial charge is 0.292 e. The number of nitrogens with zero attached hydrogens (tertiary/aromatic N) is 1. The Balaban J connectivity index is 2.29. The Bertz CT molecular complexity index is 479. The zero-order valence-electron chi connectivity index (χ0n) is 8.33. The molecule has 0 unspecified atom stereocenters.